The fourth-order valence-corrected chi connectivity index (χ4v) is 2.08. The molecule has 96 valence electrons. The summed E-state index contributed by atoms with van der Waals surface area (Å²) in [6.45, 7) is 5.08. The number of benzene rings is 1. The predicted molar refractivity (Wildman–Crippen MR) is 74.1 cm³/mol. The summed E-state index contributed by atoms with van der Waals surface area (Å²) in [5, 5.41) is 0.744. The molecule has 0 aliphatic carbocycles. The Balaban J connectivity index is 2.96. The molecule has 0 radical (unpaired) electrons. The van der Waals surface area contributed by atoms with E-state index < -0.39 is 0 Å². The Morgan fingerprint density at radius 2 is 2.00 bits per heavy atom. The summed E-state index contributed by atoms with van der Waals surface area (Å²) in [6, 6.07) is 4.21. The largest absolute Gasteiger partial charge is 0.495 e. The van der Waals surface area contributed by atoms with Crippen molar-refractivity contribution in [2.24, 2.45) is 5.73 Å². The van der Waals surface area contributed by atoms with Crippen LogP contribution >= 0.6 is 11.6 Å². The number of unbranched alkanes of at least 4 members (excludes halogenated alkanes) is 1. The van der Waals surface area contributed by atoms with Crippen molar-refractivity contribution >= 4 is 11.6 Å². The molecule has 0 spiro atoms. The summed E-state index contributed by atoms with van der Waals surface area (Å²) < 4.78 is 5.33. The van der Waals surface area contributed by atoms with E-state index in [1.165, 1.54) is 11.1 Å². The van der Waals surface area contributed by atoms with E-state index in [9.17, 15) is 0 Å². The molecule has 0 aromatic heterocycles. The first-order valence-electron chi connectivity index (χ1n) is 6.16. The standard InChI is InChI=1S/C14H22ClNO/c1-10(2)12-8-11(6-4-5-7-16)14(15)13(9-12)17-3/h8-10H,4-7,16H2,1-3H3. The van der Waals surface area contributed by atoms with Crippen LogP contribution < -0.4 is 10.5 Å². The molecular weight excluding hydrogens is 234 g/mol. The number of nitrogens with two attached hydrogens (primary N) is 1. The van der Waals surface area contributed by atoms with E-state index in [0.29, 0.717) is 5.92 Å². The molecule has 0 fully saturated rings. The van der Waals surface area contributed by atoms with E-state index in [0.717, 1.165) is 36.6 Å². The molecule has 1 aromatic rings. The van der Waals surface area contributed by atoms with Crippen LogP contribution in [0.4, 0.5) is 0 Å². The van der Waals surface area contributed by atoms with E-state index in [-0.39, 0.29) is 0 Å². The highest BCUT2D eigenvalue weighted by atomic mass is 35.5. The Kier molecular flexibility index (Phi) is 5.79. The molecule has 0 amide bonds. The van der Waals surface area contributed by atoms with E-state index in [1.54, 1.807) is 7.11 Å². The number of aryl methyl sites for hydroxylation is 1. The summed E-state index contributed by atoms with van der Waals surface area (Å²) >= 11 is 6.31. The molecule has 17 heavy (non-hydrogen) atoms. The van der Waals surface area contributed by atoms with Gasteiger partial charge in [-0.05, 0) is 48.9 Å². The first-order valence-corrected chi connectivity index (χ1v) is 6.54. The van der Waals surface area contributed by atoms with Crippen LogP contribution in [-0.2, 0) is 6.42 Å². The van der Waals surface area contributed by atoms with Crippen molar-refractivity contribution in [2.75, 3.05) is 13.7 Å². The fraction of sp³-hybridized carbons (Fsp3) is 0.571. The zero-order chi connectivity index (χ0) is 12.8. The zero-order valence-electron chi connectivity index (χ0n) is 10.9. The second kappa shape index (κ2) is 6.87. The molecule has 0 aliphatic rings. The van der Waals surface area contributed by atoms with Crippen molar-refractivity contribution < 1.29 is 4.74 Å². The van der Waals surface area contributed by atoms with Gasteiger partial charge in [0.1, 0.15) is 5.75 Å². The zero-order valence-corrected chi connectivity index (χ0v) is 11.7. The Morgan fingerprint density at radius 3 is 2.53 bits per heavy atom. The van der Waals surface area contributed by atoms with E-state index in [1.807, 2.05) is 6.07 Å². The number of methoxy groups -OCH3 is 1. The summed E-state index contributed by atoms with van der Waals surface area (Å²) in [5.41, 5.74) is 7.95. The lowest BCUT2D eigenvalue weighted by atomic mass is 9.98. The quantitative estimate of drug-likeness (QED) is 0.786. The van der Waals surface area contributed by atoms with Gasteiger partial charge in [-0.2, -0.15) is 0 Å². The molecular formula is C14H22ClNO. The molecule has 0 atom stereocenters. The first kappa shape index (κ1) is 14.3. The van der Waals surface area contributed by atoms with Gasteiger partial charge in [-0.25, -0.2) is 0 Å². The molecule has 0 heterocycles. The summed E-state index contributed by atoms with van der Waals surface area (Å²) in [7, 11) is 1.66. The Bertz CT molecular complexity index is 363. The van der Waals surface area contributed by atoms with Gasteiger partial charge in [-0.15, -0.1) is 0 Å². The maximum absolute atomic E-state index is 6.31. The van der Waals surface area contributed by atoms with Gasteiger partial charge in [-0.3, -0.25) is 0 Å². The Hall–Kier alpha value is -0.730. The third-order valence-electron chi connectivity index (χ3n) is 2.92. The van der Waals surface area contributed by atoms with Crippen LogP contribution in [0.15, 0.2) is 12.1 Å². The Morgan fingerprint density at radius 1 is 1.29 bits per heavy atom. The molecule has 0 bridgehead atoms. The number of ether oxygens (including phenoxy) is 1. The third kappa shape index (κ3) is 3.90. The van der Waals surface area contributed by atoms with Gasteiger partial charge >= 0.3 is 0 Å². The predicted octanol–water partition coefficient (Wildman–Crippen LogP) is 3.75. The van der Waals surface area contributed by atoms with E-state index in [2.05, 4.69) is 19.9 Å². The van der Waals surface area contributed by atoms with E-state index >= 15 is 0 Å². The van der Waals surface area contributed by atoms with Crippen LogP contribution in [0.25, 0.3) is 0 Å². The molecule has 2 nitrogen and oxygen atoms in total. The van der Waals surface area contributed by atoms with Crippen molar-refractivity contribution in [3.05, 3.63) is 28.3 Å². The highest BCUT2D eigenvalue weighted by Crippen LogP contribution is 2.33. The van der Waals surface area contributed by atoms with Crippen molar-refractivity contribution in [1.29, 1.82) is 0 Å². The smallest absolute Gasteiger partial charge is 0.138 e. The number of hydrogen-bond acceptors (Lipinski definition) is 2. The summed E-state index contributed by atoms with van der Waals surface area (Å²) in [6.07, 6.45) is 3.07. The fourth-order valence-electron chi connectivity index (χ4n) is 1.80. The topological polar surface area (TPSA) is 35.2 Å². The highest BCUT2D eigenvalue weighted by molar-refractivity contribution is 6.32. The van der Waals surface area contributed by atoms with Crippen LogP contribution in [-0.4, -0.2) is 13.7 Å². The number of rotatable bonds is 6. The average Bonchev–Trinajstić information content (AvgIpc) is 2.31. The number of hydrogen-bond donors (Lipinski definition) is 1. The minimum absolute atomic E-state index is 0.481. The highest BCUT2D eigenvalue weighted by Gasteiger charge is 2.11. The molecule has 1 rings (SSSR count). The van der Waals surface area contributed by atoms with Gasteiger partial charge in [0, 0.05) is 0 Å². The van der Waals surface area contributed by atoms with Gasteiger partial charge < -0.3 is 10.5 Å². The average molecular weight is 256 g/mol. The minimum atomic E-state index is 0.481. The van der Waals surface area contributed by atoms with Gasteiger partial charge in [0.25, 0.3) is 0 Å². The molecule has 1 aromatic carbocycles. The number of halogens is 1. The normalized spacial score (nSPS) is 10.9. The van der Waals surface area contributed by atoms with Gasteiger partial charge in [0.15, 0.2) is 0 Å². The van der Waals surface area contributed by atoms with Crippen LogP contribution in [0.3, 0.4) is 0 Å². The Labute approximate surface area is 109 Å². The maximum Gasteiger partial charge on any atom is 0.138 e. The first-order chi connectivity index (χ1) is 8.10. The monoisotopic (exact) mass is 255 g/mol. The van der Waals surface area contributed by atoms with Crippen molar-refractivity contribution in [3.63, 3.8) is 0 Å². The summed E-state index contributed by atoms with van der Waals surface area (Å²) in [4.78, 5) is 0. The summed E-state index contributed by atoms with van der Waals surface area (Å²) in [5.74, 6) is 1.26. The second-order valence-corrected chi connectivity index (χ2v) is 4.97. The molecule has 3 heteroatoms. The van der Waals surface area contributed by atoms with Crippen LogP contribution in [0.1, 0.15) is 43.7 Å². The van der Waals surface area contributed by atoms with Gasteiger partial charge in [0.05, 0.1) is 12.1 Å². The van der Waals surface area contributed by atoms with E-state index in [4.69, 9.17) is 22.1 Å². The van der Waals surface area contributed by atoms with Crippen molar-refractivity contribution in [1.82, 2.24) is 0 Å². The maximum atomic E-state index is 6.31. The van der Waals surface area contributed by atoms with Crippen molar-refractivity contribution in [2.45, 2.75) is 39.0 Å². The van der Waals surface area contributed by atoms with Crippen LogP contribution in [0.5, 0.6) is 5.75 Å². The SMILES string of the molecule is COc1cc(C(C)C)cc(CCCCN)c1Cl. The lowest BCUT2D eigenvalue weighted by Crippen LogP contribution is -2.00. The van der Waals surface area contributed by atoms with Gasteiger partial charge in [-0.1, -0.05) is 31.5 Å². The van der Waals surface area contributed by atoms with Crippen LogP contribution in [0, 0.1) is 0 Å². The second-order valence-electron chi connectivity index (χ2n) is 4.60. The minimum Gasteiger partial charge on any atom is -0.495 e. The lowest BCUT2D eigenvalue weighted by molar-refractivity contribution is 0.413. The van der Waals surface area contributed by atoms with Gasteiger partial charge in [0.2, 0.25) is 0 Å². The molecule has 0 unspecified atom stereocenters. The van der Waals surface area contributed by atoms with Crippen LogP contribution in [0.2, 0.25) is 5.02 Å². The molecule has 0 aliphatic heterocycles. The molecule has 2 N–H and O–H groups in total. The van der Waals surface area contributed by atoms with Crippen molar-refractivity contribution in [3.8, 4) is 5.75 Å². The molecule has 0 saturated heterocycles. The lowest BCUT2D eigenvalue weighted by Gasteiger charge is -2.14. The molecule has 0 saturated carbocycles. The third-order valence-corrected chi connectivity index (χ3v) is 3.35.